The minimum atomic E-state index is -0.470. The third-order valence-corrected chi connectivity index (χ3v) is 4.62. The van der Waals surface area contributed by atoms with Gasteiger partial charge in [-0.05, 0) is 49.7 Å². The summed E-state index contributed by atoms with van der Waals surface area (Å²) in [6.45, 7) is 4.32. The van der Waals surface area contributed by atoms with Gasteiger partial charge in [0.05, 0.1) is 30.0 Å². The number of carbonyl (C=O) groups is 2. The SMILES string of the molecule is CCCOC(=O)c1cccc(Nc2c(C(=O)OCC)cnc3ccc(Br)cc23)c1. The molecule has 0 atom stereocenters. The molecule has 7 heteroatoms. The summed E-state index contributed by atoms with van der Waals surface area (Å²) >= 11 is 3.47. The van der Waals surface area contributed by atoms with Crippen LogP contribution in [0.1, 0.15) is 41.0 Å². The molecule has 0 amide bonds. The van der Waals surface area contributed by atoms with Crippen LogP contribution in [0.4, 0.5) is 11.4 Å². The van der Waals surface area contributed by atoms with E-state index in [2.05, 4.69) is 26.2 Å². The van der Waals surface area contributed by atoms with Crippen LogP contribution in [0.2, 0.25) is 0 Å². The lowest BCUT2D eigenvalue weighted by Gasteiger charge is -2.15. The molecule has 2 aromatic carbocycles. The third kappa shape index (κ3) is 4.92. The summed E-state index contributed by atoms with van der Waals surface area (Å²) in [5, 5.41) is 4.02. The minimum Gasteiger partial charge on any atom is -0.462 e. The van der Waals surface area contributed by atoms with Crippen LogP contribution in [-0.4, -0.2) is 30.1 Å². The van der Waals surface area contributed by atoms with E-state index in [0.717, 1.165) is 21.8 Å². The fourth-order valence-corrected chi connectivity index (χ4v) is 3.17. The fraction of sp³-hybridized carbons (Fsp3) is 0.227. The summed E-state index contributed by atoms with van der Waals surface area (Å²) in [4.78, 5) is 29.0. The second kappa shape index (κ2) is 9.52. The van der Waals surface area contributed by atoms with Crippen molar-refractivity contribution in [3.05, 3.63) is 64.3 Å². The Morgan fingerprint density at radius 1 is 1.07 bits per heavy atom. The Bertz CT molecular complexity index is 1050. The van der Waals surface area contributed by atoms with Crippen molar-refractivity contribution in [2.24, 2.45) is 0 Å². The first-order chi connectivity index (χ1) is 14.0. The van der Waals surface area contributed by atoms with E-state index in [-0.39, 0.29) is 12.6 Å². The standard InChI is InChI=1S/C22H21BrN2O4/c1-3-10-29-21(26)14-6-5-7-16(11-14)25-20-17-12-15(23)8-9-19(17)24-13-18(20)22(27)28-4-2/h5-9,11-13H,3-4,10H2,1-2H3,(H,24,25). The van der Waals surface area contributed by atoms with E-state index in [9.17, 15) is 9.59 Å². The molecule has 150 valence electrons. The average molecular weight is 457 g/mol. The number of carbonyl (C=O) groups excluding carboxylic acids is 2. The molecule has 0 saturated carbocycles. The summed E-state index contributed by atoms with van der Waals surface area (Å²) < 4.78 is 11.2. The molecule has 6 nitrogen and oxygen atoms in total. The van der Waals surface area contributed by atoms with Gasteiger partial charge in [-0.3, -0.25) is 4.98 Å². The van der Waals surface area contributed by atoms with E-state index in [4.69, 9.17) is 9.47 Å². The van der Waals surface area contributed by atoms with Crippen molar-refractivity contribution in [2.45, 2.75) is 20.3 Å². The lowest BCUT2D eigenvalue weighted by Crippen LogP contribution is -2.10. The number of aromatic nitrogens is 1. The first-order valence-corrected chi connectivity index (χ1v) is 10.1. The van der Waals surface area contributed by atoms with Crippen molar-refractivity contribution in [1.29, 1.82) is 0 Å². The van der Waals surface area contributed by atoms with Gasteiger partial charge >= 0.3 is 11.9 Å². The van der Waals surface area contributed by atoms with Crippen molar-refractivity contribution in [1.82, 2.24) is 4.98 Å². The van der Waals surface area contributed by atoms with Crippen molar-refractivity contribution in [2.75, 3.05) is 18.5 Å². The molecule has 0 aliphatic carbocycles. The second-order valence-electron chi connectivity index (χ2n) is 6.27. The van der Waals surface area contributed by atoms with Crippen molar-refractivity contribution >= 4 is 50.1 Å². The lowest BCUT2D eigenvalue weighted by molar-refractivity contribution is 0.0501. The normalized spacial score (nSPS) is 10.6. The van der Waals surface area contributed by atoms with Crippen LogP contribution in [0.3, 0.4) is 0 Å². The zero-order valence-electron chi connectivity index (χ0n) is 16.2. The average Bonchev–Trinajstić information content (AvgIpc) is 2.72. The van der Waals surface area contributed by atoms with Gasteiger partial charge in [0.25, 0.3) is 0 Å². The van der Waals surface area contributed by atoms with Gasteiger partial charge in [0.2, 0.25) is 0 Å². The molecule has 0 bridgehead atoms. The Kier molecular flexibility index (Phi) is 6.82. The summed E-state index contributed by atoms with van der Waals surface area (Å²) in [6, 6.07) is 12.6. The Hall–Kier alpha value is -2.93. The van der Waals surface area contributed by atoms with Crippen molar-refractivity contribution in [3.8, 4) is 0 Å². The Morgan fingerprint density at radius 3 is 2.66 bits per heavy atom. The maximum atomic E-state index is 12.5. The van der Waals surface area contributed by atoms with Crippen LogP contribution in [0.25, 0.3) is 10.9 Å². The predicted octanol–water partition coefficient (Wildman–Crippen LogP) is 5.48. The van der Waals surface area contributed by atoms with Gasteiger partial charge in [0, 0.05) is 21.7 Å². The molecule has 0 aliphatic heterocycles. The highest BCUT2D eigenvalue weighted by molar-refractivity contribution is 9.10. The number of hydrogen-bond donors (Lipinski definition) is 1. The van der Waals surface area contributed by atoms with Crippen LogP contribution >= 0.6 is 15.9 Å². The van der Waals surface area contributed by atoms with E-state index in [1.165, 1.54) is 6.20 Å². The highest BCUT2D eigenvalue weighted by Gasteiger charge is 2.18. The van der Waals surface area contributed by atoms with Gasteiger partial charge in [-0.15, -0.1) is 0 Å². The number of hydrogen-bond acceptors (Lipinski definition) is 6. The third-order valence-electron chi connectivity index (χ3n) is 4.13. The molecule has 0 saturated heterocycles. The van der Waals surface area contributed by atoms with E-state index in [0.29, 0.717) is 29.1 Å². The van der Waals surface area contributed by atoms with Crippen LogP contribution in [0, 0.1) is 0 Å². The summed E-state index contributed by atoms with van der Waals surface area (Å²) in [5.74, 6) is -0.855. The molecule has 29 heavy (non-hydrogen) atoms. The van der Waals surface area contributed by atoms with Crippen molar-refractivity contribution in [3.63, 3.8) is 0 Å². The molecule has 3 rings (SSSR count). The topological polar surface area (TPSA) is 77.5 Å². The van der Waals surface area contributed by atoms with Crippen LogP contribution < -0.4 is 5.32 Å². The molecule has 0 fully saturated rings. The van der Waals surface area contributed by atoms with Gasteiger partial charge in [-0.1, -0.05) is 28.9 Å². The number of nitrogens with zero attached hydrogens (tertiary/aromatic N) is 1. The van der Waals surface area contributed by atoms with Gasteiger partial charge in [-0.2, -0.15) is 0 Å². The van der Waals surface area contributed by atoms with Crippen molar-refractivity contribution < 1.29 is 19.1 Å². The van der Waals surface area contributed by atoms with Crippen LogP contribution in [0.5, 0.6) is 0 Å². The molecular weight excluding hydrogens is 436 g/mol. The molecule has 0 spiro atoms. The number of anilines is 2. The number of benzene rings is 2. The number of rotatable bonds is 7. The summed E-state index contributed by atoms with van der Waals surface area (Å²) in [7, 11) is 0. The summed E-state index contributed by atoms with van der Waals surface area (Å²) in [5.41, 5.74) is 2.68. The zero-order chi connectivity index (χ0) is 20.8. The zero-order valence-corrected chi connectivity index (χ0v) is 17.8. The van der Waals surface area contributed by atoms with Gasteiger partial charge < -0.3 is 14.8 Å². The Balaban J connectivity index is 2.04. The molecular formula is C22H21BrN2O4. The maximum Gasteiger partial charge on any atom is 0.341 e. The molecule has 1 N–H and O–H groups in total. The number of pyridine rings is 1. The molecule has 1 heterocycles. The van der Waals surface area contributed by atoms with E-state index < -0.39 is 5.97 Å². The number of halogens is 1. The van der Waals surface area contributed by atoms with E-state index in [1.54, 1.807) is 25.1 Å². The Labute approximate surface area is 177 Å². The smallest absolute Gasteiger partial charge is 0.341 e. The highest BCUT2D eigenvalue weighted by Crippen LogP contribution is 2.32. The summed E-state index contributed by atoms with van der Waals surface area (Å²) in [6.07, 6.45) is 2.25. The van der Waals surface area contributed by atoms with Gasteiger partial charge in [0.15, 0.2) is 0 Å². The quantitative estimate of drug-likeness (QED) is 0.473. The monoisotopic (exact) mass is 456 g/mol. The molecule has 0 unspecified atom stereocenters. The van der Waals surface area contributed by atoms with Crippen LogP contribution in [-0.2, 0) is 9.47 Å². The van der Waals surface area contributed by atoms with Gasteiger partial charge in [-0.25, -0.2) is 9.59 Å². The largest absolute Gasteiger partial charge is 0.462 e. The first kappa shape index (κ1) is 20.8. The number of fused-ring (bicyclic) bond motifs is 1. The molecule has 0 radical (unpaired) electrons. The lowest BCUT2D eigenvalue weighted by atomic mass is 10.1. The van der Waals surface area contributed by atoms with Gasteiger partial charge in [0.1, 0.15) is 5.56 Å². The van der Waals surface area contributed by atoms with E-state index >= 15 is 0 Å². The number of esters is 2. The van der Waals surface area contributed by atoms with Crippen LogP contribution in [0.15, 0.2) is 53.1 Å². The molecule has 1 aromatic heterocycles. The Morgan fingerprint density at radius 2 is 1.90 bits per heavy atom. The second-order valence-corrected chi connectivity index (χ2v) is 7.19. The fourth-order valence-electron chi connectivity index (χ4n) is 2.81. The van der Waals surface area contributed by atoms with E-state index in [1.807, 2.05) is 31.2 Å². The number of ether oxygens (including phenoxy) is 2. The molecule has 3 aromatic rings. The molecule has 0 aliphatic rings. The first-order valence-electron chi connectivity index (χ1n) is 9.33. The number of nitrogens with one attached hydrogen (secondary N) is 1. The highest BCUT2D eigenvalue weighted by atomic mass is 79.9. The maximum absolute atomic E-state index is 12.5. The predicted molar refractivity (Wildman–Crippen MR) is 116 cm³/mol. The minimum absolute atomic E-state index is 0.257.